The topological polar surface area (TPSA) is 84.5 Å². The molecule has 0 unspecified atom stereocenters. The first-order valence-corrected chi connectivity index (χ1v) is 8.27. The van der Waals surface area contributed by atoms with Crippen LogP contribution < -0.4 is 0 Å². The van der Waals surface area contributed by atoms with Gasteiger partial charge in [0.15, 0.2) is 5.82 Å². The lowest BCUT2D eigenvalue weighted by Crippen LogP contribution is -2.42. The van der Waals surface area contributed by atoms with Crippen molar-refractivity contribution in [2.75, 3.05) is 26.8 Å². The fourth-order valence-electron chi connectivity index (χ4n) is 2.92. The number of aryl methyl sites for hydroxylation is 1. The van der Waals surface area contributed by atoms with Gasteiger partial charge in [-0.2, -0.15) is 4.98 Å². The lowest BCUT2D eigenvalue weighted by molar-refractivity contribution is -0.0328. The Balaban J connectivity index is 1.55. The van der Waals surface area contributed by atoms with E-state index in [1.54, 1.807) is 13.3 Å². The second-order valence-corrected chi connectivity index (χ2v) is 6.38. The number of hydrogen-bond donors (Lipinski definition) is 1. The minimum absolute atomic E-state index is 0.583. The van der Waals surface area contributed by atoms with Gasteiger partial charge in [0.05, 0.1) is 18.8 Å². The van der Waals surface area contributed by atoms with Crippen molar-refractivity contribution in [3.8, 4) is 0 Å². The molecule has 130 valence electrons. The van der Waals surface area contributed by atoms with Gasteiger partial charge in [-0.15, -0.1) is 0 Å². The minimum atomic E-state index is -0.845. The average molecular weight is 332 g/mol. The molecule has 0 aliphatic carbocycles. The molecule has 0 amide bonds. The van der Waals surface area contributed by atoms with Crippen molar-refractivity contribution in [2.24, 2.45) is 0 Å². The van der Waals surface area contributed by atoms with Crippen molar-refractivity contribution in [3.63, 3.8) is 0 Å². The summed E-state index contributed by atoms with van der Waals surface area (Å²) < 4.78 is 10.3. The number of pyridine rings is 1. The molecule has 1 aliphatic rings. The van der Waals surface area contributed by atoms with E-state index in [0.29, 0.717) is 44.1 Å². The van der Waals surface area contributed by atoms with Crippen LogP contribution in [-0.2, 0) is 23.3 Å². The Morgan fingerprint density at radius 1 is 1.33 bits per heavy atom. The predicted octanol–water partition coefficient (Wildman–Crippen LogP) is 1.45. The SMILES string of the molecule is COCCc1noc(CN2CCC(O)(c3ccc(C)cn3)CC2)n1. The number of aliphatic hydroxyl groups is 1. The van der Waals surface area contributed by atoms with E-state index in [0.717, 1.165) is 24.3 Å². The van der Waals surface area contributed by atoms with Crippen molar-refractivity contribution in [1.82, 2.24) is 20.0 Å². The highest BCUT2D eigenvalue weighted by atomic mass is 16.5. The van der Waals surface area contributed by atoms with Gasteiger partial charge in [-0.25, -0.2) is 0 Å². The first-order valence-electron chi connectivity index (χ1n) is 8.27. The summed E-state index contributed by atoms with van der Waals surface area (Å²) in [5.74, 6) is 1.28. The fraction of sp³-hybridized carbons (Fsp3) is 0.588. The molecule has 0 aromatic carbocycles. The summed E-state index contributed by atoms with van der Waals surface area (Å²) in [7, 11) is 1.65. The highest BCUT2D eigenvalue weighted by molar-refractivity contribution is 5.18. The van der Waals surface area contributed by atoms with Crippen LogP contribution in [0.5, 0.6) is 0 Å². The minimum Gasteiger partial charge on any atom is -0.384 e. The molecule has 0 radical (unpaired) electrons. The van der Waals surface area contributed by atoms with Crippen molar-refractivity contribution in [2.45, 2.75) is 38.3 Å². The lowest BCUT2D eigenvalue weighted by atomic mass is 9.87. The Bertz CT molecular complexity index is 648. The monoisotopic (exact) mass is 332 g/mol. The van der Waals surface area contributed by atoms with Crippen molar-refractivity contribution in [3.05, 3.63) is 41.3 Å². The molecule has 3 heterocycles. The molecular formula is C17H24N4O3. The summed E-state index contributed by atoms with van der Waals surface area (Å²) in [6.45, 7) is 4.72. The van der Waals surface area contributed by atoms with Crippen LogP contribution in [0.4, 0.5) is 0 Å². The molecule has 0 atom stereocenters. The number of hydrogen-bond acceptors (Lipinski definition) is 7. The Labute approximate surface area is 141 Å². The van der Waals surface area contributed by atoms with E-state index in [9.17, 15) is 5.11 Å². The fourth-order valence-corrected chi connectivity index (χ4v) is 2.92. The third kappa shape index (κ3) is 3.98. The predicted molar refractivity (Wildman–Crippen MR) is 87.3 cm³/mol. The Kier molecular flexibility index (Phi) is 5.23. The standard InChI is InChI=1S/C17H24N4O3/c1-13-3-4-14(18-11-13)17(22)6-8-21(9-7-17)12-16-19-15(20-24-16)5-10-23-2/h3-4,11,22H,5-10,12H2,1-2H3. The maximum Gasteiger partial charge on any atom is 0.240 e. The van der Waals surface area contributed by atoms with Gasteiger partial charge in [0.2, 0.25) is 5.89 Å². The third-order valence-electron chi connectivity index (χ3n) is 4.47. The van der Waals surface area contributed by atoms with Gasteiger partial charge < -0.3 is 14.4 Å². The lowest BCUT2D eigenvalue weighted by Gasteiger charge is -2.37. The smallest absolute Gasteiger partial charge is 0.240 e. The van der Waals surface area contributed by atoms with E-state index in [1.807, 2.05) is 19.1 Å². The van der Waals surface area contributed by atoms with Crippen LogP contribution in [0.2, 0.25) is 0 Å². The van der Waals surface area contributed by atoms with E-state index in [1.165, 1.54) is 0 Å². The molecule has 1 fully saturated rings. The molecule has 1 aliphatic heterocycles. The molecule has 7 heteroatoms. The number of piperidine rings is 1. The van der Waals surface area contributed by atoms with Crippen LogP contribution in [0.1, 0.15) is 35.8 Å². The first-order chi connectivity index (χ1) is 11.6. The summed E-state index contributed by atoms with van der Waals surface area (Å²) in [4.78, 5) is 11.0. The van der Waals surface area contributed by atoms with Gasteiger partial charge in [-0.1, -0.05) is 11.2 Å². The second kappa shape index (κ2) is 7.38. The zero-order valence-corrected chi connectivity index (χ0v) is 14.2. The number of methoxy groups -OCH3 is 1. The molecule has 1 N–H and O–H groups in total. The molecule has 24 heavy (non-hydrogen) atoms. The van der Waals surface area contributed by atoms with E-state index >= 15 is 0 Å². The maximum absolute atomic E-state index is 10.9. The average Bonchev–Trinajstić information content (AvgIpc) is 3.03. The van der Waals surface area contributed by atoms with Crippen LogP contribution in [0.25, 0.3) is 0 Å². The zero-order chi connectivity index (χ0) is 17.0. The van der Waals surface area contributed by atoms with Gasteiger partial charge in [-0.05, 0) is 31.4 Å². The summed E-state index contributed by atoms with van der Waals surface area (Å²) in [5, 5.41) is 14.8. The van der Waals surface area contributed by atoms with Crippen LogP contribution in [0, 0.1) is 6.92 Å². The normalized spacial score (nSPS) is 18.0. The van der Waals surface area contributed by atoms with E-state index in [4.69, 9.17) is 9.26 Å². The molecule has 2 aromatic rings. The summed E-state index contributed by atoms with van der Waals surface area (Å²) in [6, 6.07) is 3.91. The van der Waals surface area contributed by atoms with Gasteiger partial charge in [0, 0.05) is 32.8 Å². The Morgan fingerprint density at radius 3 is 2.79 bits per heavy atom. The number of rotatable bonds is 6. The van der Waals surface area contributed by atoms with Crippen molar-refractivity contribution >= 4 is 0 Å². The summed E-state index contributed by atoms with van der Waals surface area (Å²) in [5.41, 5.74) is 1.01. The largest absolute Gasteiger partial charge is 0.384 e. The van der Waals surface area contributed by atoms with Crippen molar-refractivity contribution in [1.29, 1.82) is 0 Å². The first kappa shape index (κ1) is 17.0. The van der Waals surface area contributed by atoms with E-state index < -0.39 is 5.60 Å². The number of ether oxygens (including phenoxy) is 1. The highest BCUT2D eigenvalue weighted by Gasteiger charge is 2.35. The van der Waals surface area contributed by atoms with Crippen LogP contribution in [0.3, 0.4) is 0 Å². The third-order valence-corrected chi connectivity index (χ3v) is 4.47. The van der Waals surface area contributed by atoms with E-state index in [-0.39, 0.29) is 0 Å². The molecule has 0 bridgehead atoms. The molecule has 1 saturated heterocycles. The molecule has 2 aromatic heterocycles. The molecular weight excluding hydrogens is 308 g/mol. The van der Waals surface area contributed by atoms with Crippen LogP contribution in [0.15, 0.2) is 22.9 Å². The summed E-state index contributed by atoms with van der Waals surface area (Å²) >= 11 is 0. The van der Waals surface area contributed by atoms with Gasteiger partial charge >= 0.3 is 0 Å². The Morgan fingerprint density at radius 2 is 2.12 bits per heavy atom. The number of aromatic nitrogens is 3. The van der Waals surface area contributed by atoms with Crippen LogP contribution in [-0.4, -0.2) is 51.9 Å². The molecule has 0 spiro atoms. The van der Waals surface area contributed by atoms with Crippen LogP contribution >= 0.6 is 0 Å². The van der Waals surface area contributed by atoms with E-state index in [2.05, 4.69) is 20.0 Å². The Hall–Kier alpha value is -1.83. The molecule has 0 saturated carbocycles. The van der Waals surface area contributed by atoms with Crippen molar-refractivity contribution < 1.29 is 14.4 Å². The molecule has 3 rings (SSSR count). The quantitative estimate of drug-likeness (QED) is 0.857. The van der Waals surface area contributed by atoms with Gasteiger partial charge in [0.1, 0.15) is 5.60 Å². The van der Waals surface area contributed by atoms with Gasteiger partial charge in [-0.3, -0.25) is 9.88 Å². The second-order valence-electron chi connectivity index (χ2n) is 6.38. The maximum atomic E-state index is 10.9. The number of nitrogens with zero attached hydrogens (tertiary/aromatic N) is 4. The highest BCUT2D eigenvalue weighted by Crippen LogP contribution is 2.31. The number of likely N-dealkylation sites (tertiary alicyclic amines) is 1. The summed E-state index contributed by atoms with van der Waals surface area (Å²) in [6.07, 6.45) is 3.75. The van der Waals surface area contributed by atoms with Gasteiger partial charge in [0.25, 0.3) is 0 Å². The molecule has 7 nitrogen and oxygen atoms in total. The zero-order valence-electron chi connectivity index (χ0n) is 14.2.